The number of aryl methyl sites for hydroxylation is 1. The fourth-order valence-electron chi connectivity index (χ4n) is 2.17. The van der Waals surface area contributed by atoms with Gasteiger partial charge in [0.15, 0.2) is 12.4 Å². The number of hydrogen-bond acceptors (Lipinski definition) is 7. The molecule has 156 valence electrons. The highest BCUT2D eigenvalue weighted by atomic mass is 35.5. The van der Waals surface area contributed by atoms with Gasteiger partial charge in [-0.15, -0.1) is 5.10 Å². The van der Waals surface area contributed by atoms with Crippen LogP contribution in [0.1, 0.15) is 35.9 Å². The number of ether oxygens (including phenoxy) is 1. The van der Waals surface area contributed by atoms with Gasteiger partial charge in [0.2, 0.25) is 5.91 Å². The lowest BCUT2D eigenvalue weighted by atomic mass is 10.2. The van der Waals surface area contributed by atoms with Gasteiger partial charge in [0.05, 0.1) is 17.1 Å². The number of esters is 1. The fraction of sp³-hybridized carbons (Fsp3) is 0.412. The zero-order chi connectivity index (χ0) is 21.2. The number of carbonyl (C=O) groups excluding carboxylic acids is 3. The minimum Gasteiger partial charge on any atom is -0.456 e. The van der Waals surface area contributed by atoms with Crippen LogP contribution in [0.15, 0.2) is 18.2 Å². The zero-order valence-electron chi connectivity index (χ0n) is 15.7. The van der Waals surface area contributed by atoms with Crippen LogP contribution in [0.3, 0.4) is 0 Å². The maximum Gasteiger partial charge on any atom is 0.325 e. The van der Waals surface area contributed by atoms with Crippen molar-refractivity contribution < 1.29 is 19.1 Å². The van der Waals surface area contributed by atoms with Crippen molar-refractivity contribution in [2.24, 2.45) is 0 Å². The first-order chi connectivity index (χ1) is 13.9. The van der Waals surface area contributed by atoms with Crippen LogP contribution in [0.4, 0.5) is 0 Å². The van der Waals surface area contributed by atoms with Crippen LogP contribution in [0.2, 0.25) is 10.0 Å². The average molecular weight is 443 g/mol. The second-order valence-corrected chi connectivity index (χ2v) is 6.76. The summed E-state index contributed by atoms with van der Waals surface area (Å²) in [7, 11) is 0. The summed E-state index contributed by atoms with van der Waals surface area (Å²) in [6, 6.07) is 4.38. The molecular weight excluding hydrogens is 423 g/mol. The van der Waals surface area contributed by atoms with Gasteiger partial charge in [-0.2, -0.15) is 0 Å². The molecular formula is C17H20Cl2N6O4. The van der Waals surface area contributed by atoms with Gasteiger partial charge >= 0.3 is 5.97 Å². The van der Waals surface area contributed by atoms with Crippen LogP contribution in [0, 0.1) is 0 Å². The third-order valence-electron chi connectivity index (χ3n) is 3.71. The van der Waals surface area contributed by atoms with E-state index in [0.717, 1.165) is 12.8 Å². The Balaban J connectivity index is 1.70. The lowest BCUT2D eigenvalue weighted by Crippen LogP contribution is -2.39. The second-order valence-electron chi connectivity index (χ2n) is 5.92. The minimum absolute atomic E-state index is 0.1000. The van der Waals surface area contributed by atoms with E-state index in [1.54, 1.807) is 4.68 Å². The summed E-state index contributed by atoms with van der Waals surface area (Å²) in [6.45, 7) is 1.88. The van der Waals surface area contributed by atoms with Gasteiger partial charge in [0.1, 0.15) is 6.54 Å². The summed E-state index contributed by atoms with van der Waals surface area (Å²) in [6.07, 6.45) is 1.88. The van der Waals surface area contributed by atoms with Crippen LogP contribution < -0.4 is 10.6 Å². The van der Waals surface area contributed by atoms with E-state index in [1.165, 1.54) is 18.2 Å². The molecule has 0 atom stereocenters. The quantitative estimate of drug-likeness (QED) is 0.531. The number of hydrogen-bond donors (Lipinski definition) is 2. The smallest absolute Gasteiger partial charge is 0.325 e. The molecule has 1 heterocycles. The van der Waals surface area contributed by atoms with Crippen molar-refractivity contribution in [1.82, 2.24) is 30.8 Å². The predicted molar refractivity (Wildman–Crippen MR) is 104 cm³/mol. The Morgan fingerprint density at radius 2 is 1.97 bits per heavy atom. The van der Waals surface area contributed by atoms with Gasteiger partial charge in [0, 0.05) is 11.6 Å². The van der Waals surface area contributed by atoms with E-state index >= 15 is 0 Å². The Bertz CT molecular complexity index is 873. The maximum atomic E-state index is 12.0. The van der Waals surface area contributed by atoms with Gasteiger partial charge in [-0.1, -0.05) is 36.5 Å². The van der Waals surface area contributed by atoms with Crippen molar-refractivity contribution in [2.45, 2.75) is 32.9 Å². The monoisotopic (exact) mass is 442 g/mol. The Morgan fingerprint density at radius 1 is 1.17 bits per heavy atom. The lowest BCUT2D eigenvalue weighted by Gasteiger charge is -2.08. The molecule has 29 heavy (non-hydrogen) atoms. The highest BCUT2D eigenvalue weighted by Gasteiger charge is 2.14. The fourth-order valence-corrected chi connectivity index (χ4v) is 2.66. The van der Waals surface area contributed by atoms with Gasteiger partial charge in [-0.25, -0.2) is 4.68 Å². The molecule has 0 bridgehead atoms. The number of carbonyl (C=O) groups is 3. The van der Waals surface area contributed by atoms with E-state index in [2.05, 4.69) is 26.2 Å². The molecule has 0 aliphatic heterocycles. The number of benzene rings is 1. The van der Waals surface area contributed by atoms with E-state index in [9.17, 15) is 14.4 Å². The van der Waals surface area contributed by atoms with Gasteiger partial charge in [-0.05, 0) is 35.0 Å². The van der Waals surface area contributed by atoms with Gasteiger partial charge < -0.3 is 15.4 Å². The number of nitrogens with zero attached hydrogens (tertiary/aromatic N) is 4. The van der Waals surface area contributed by atoms with E-state index in [0.29, 0.717) is 17.4 Å². The highest BCUT2D eigenvalue weighted by Crippen LogP contribution is 2.20. The molecule has 10 nitrogen and oxygen atoms in total. The SMILES string of the molecule is CCCCn1nnnc1COC(=O)CNC(=O)CNC(=O)c1ccc(Cl)cc1Cl. The molecule has 1 aromatic heterocycles. The molecule has 0 aliphatic carbocycles. The predicted octanol–water partition coefficient (Wildman–Crippen LogP) is 1.37. The van der Waals surface area contributed by atoms with Crippen molar-refractivity contribution in [3.05, 3.63) is 39.6 Å². The van der Waals surface area contributed by atoms with E-state index in [1.807, 2.05) is 6.92 Å². The minimum atomic E-state index is -0.657. The first-order valence-electron chi connectivity index (χ1n) is 8.81. The molecule has 0 saturated heterocycles. The standard InChI is InChI=1S/C17H20Cl2N6O4/c1-2-3-6-25-14(22-23-24-25)10-29-16(27)9-20-15(26)8-21-17(28)12-5-4-11(18)7-13(12)19/h4-5,7H,2-3,6,8-10H2,1H3,(H,20,26)(H,21,28). The van der Waals surface area contributed by atoms with Crippen molar-refractivity contribution in [3.8, 4) is 0 Å². The zero-order valence-corrected chi connectivity index (χ0v) is 17.2. The molecule has 2 N–H and O–H groups in total. The molecule has 2 amide bonds. The Hall–Kier alpha value is -2.72. The molecule has 2 rings (SSSR count). The number of tetrazole rings is 1. The van der Waals surface area contributed by atoms with Crippen molar-refractivity contribution in [2.75, 3.05) is 13.1 Å². The highest BCUT2D eigenvalue weighted by molar-refractivity contribution is 6.36. The molecule has 0 unspecified atom stereocenters. The van der Waals surface area contributed by atoms with Crippen molar-refractivity contribution in [3.63, 3.8) is 0 Å². The van der Waals surface area contributed by atoms with Gasteiger partial charge in [0.25, 0.3) is 5.91 Å². The van der Waals surface area contributed by atoms with Crippen molar-refractivity contribution in [1.29, 1.82) is 0 Å². The third kappa shape index (κ3) is 7.31. The number of nitrogens with one attached hydrogen (secondary N) is 2. The molecule has 1 aromatic carbocycles. The molecule has 0 spiro atoms. The lowest BCUT2D eigenvalue weighted by molar-refractivity contribution is -0.145. The Labute approximate surface area is 176 Å². The summed E-state index contributed by atoms with van der Waals surface area (Å²) < 4.78 is 6.61. The van der Waals surface area contributed by atoms with E-state index in [-0.39, 0.29) is 30.3 Å². The summed E-state index contributed by atoms with van der Waals surface area (Å²) in [4.78, 5) is 35.6. The largest absolute Gasteiger partial charge is 0.456 e. The van der Waals surface area contributed by atoms with E-state index in [4.69, 9.17) is 27.9 Å². The molecule has 0 saturated carbocycles. The summed E-state index contributed by atoms with van der Waals surface area (Å²) in [5, 5.41) is 16.5. The molecule has 2 aromatic rings. The molecule has 12 heteroatoms. The number of amides is 2. The summed E-state index contributed by atoms with van der Waals surface area (Å²) >= 11 is 11.7. The summed E-state index contributed by atoms with van der Waals surface area (Å²) in [5.41, 5.74) is 0.184. The third-order valence-corrected chi connectivity index (χ3v) is 4.25. The van der Waals surface area contributed by atoms with Crippen LogP contribution >= 0.6 is 23.2 Å². The van der Waals surface area contributed by atoms with Crippen LogP contribution in [-0.2, 0) is 27.5 Å². The normalized spacial score (nSPS) is 10.4. The molecule has 0 radical (unpaired) electrons. The van der Waals surface area contributed by atoms with Crippen LogP contribution in [0.5, 0.6) is 0 Å². The van der Waals surface area contributed by atoms with E-state index < -0.39 is 17.8 Å². The first kappa shape index (κ1) is 22.6. The number of unbranched alkanes of at least 4 members (excludes halogenated alkanes) is 1. The van der Waals surface area contributed by atoms with Crippen LogP contribution in [0.25, 0.3) is 0 Å². The van der Waals surface area contributed by atoms with Crippen molar-refractivity contribution >= 4 is 41.0 Å². The average Bonchev–Trinajstić information content (AvgIpc) is 3.14. The first-order valence-corrected chi connectivity index (χ1v) is 9.57. The second kappa shape index (κ2) is 11.3. The maximum absolute atomic E-state index is 12.0. The van der Waals surface area contributed by atoms with Crippen LogP contribution in [-0.4, -0.2) is 51.1 Å². The van der Waals surface area contributed by atoms with Gasteiger partial charge in [-0.3, -0.25) is 14.4 Å². The number of rotatable bonds is 10. The Kier molecular flexibility index (Phi) is 8.81. The number of aromatic nitrogens is 4. The molecule has 0 fully saturated rings. The molecule has 0 aliphatic rings. The number of halogens is 2. The topological polar surface area (TPSA) is 128 Å². The summed E-state index contributed by atoms with van der Waals surface area (Å²) in [5.74, 6) is -1.34. The Morgan fingerprint density at radius 3 is 2.69 bits per heavy atom.